The summed E-state index contributed by atoms with van der Waals surface area (Å²) in [6, 6.07) is 25.0. The van der Waals surface area contributed by atoms with Gasteiger partial charge in [-0.1, -0.05) is 66.7 Å². The van der Waals surface area contributed by atoms with Crippen LogP contribution in [0.2, 0.25) is 0 Å². The standard InChI is InChI=1S/C29H32N4O2/c1-23-9-7-13-25(21-23)30-29(35)26-14-5-6-15-27(26)31-28(34)22-33-19-17-32(18-20-33)16-8-12-24-10-3-2-4-11-24/h2-15,21H,16-20,22H2,1H3,(H,30,35)(H,31,34). The van der Waals surface area contributed by atoms with Crippen LogP contribution in [0, 0.1) is 6.92 Å². The van der Waals surface area contributed by atoms with Gasteiger partial charge in [0, 0.05) is 38.4 Å². The zero-order valence-electron chi connectivity index (χ0n) is 20.1. The molecule has 3 aromatic carbocycles. The van der Waals surface area contributed by atoms with Crippen LogP contribution in [0.15, 0.2) is 84.9 Å². The molecule has 2 N–H and O–H groups in total. The molecule has 0 saturated carbocycles. The maximum absolute atomic E-state index is 12.8. The monoisotopic (exact) mass is 468 g/mol. The van der Waals surface area contributed by atoms with Gasteiger partial charge in [0.2, 0.25) is 5.91 Å². The molecule has 1 heterocycles. The zero-order valence-corrected chi connectivity index (χ0v) is 20.1. The molecule has 0 spiro atoms. The second-order valence-corrected chi connectivity index (χ2v) is 8.81. The minimum absolute atomic E-state index is 0.113. The molecule has 0 unspecified atom stereocenters. The third-order valence-corrected chi connectivity index (χ3v) is 6.03. The molecule has 1 fully saturated rings. The second-order valence-electron chi connectivity index (χ2n) is 8.81. The number of amides is 2. The number of hydrogen-bond acceptors (Lipinski definition) is 4. The summed E-state index contributed by atoms with van der Waals surface area (Å²) >= 11 is 0. The smallest absolute Gasteiger partial charge is 0.257 e. The third-order valence-electron chi connectivity index (χ3n) is 6.03. The first-order valence-corrected chi connectivity index (χ1v) is 12.0. The van der Waals surface area contributed by atoms with Gasteiger partial charge in [-0.15, -0.1) is 0 Å². The predicted molar refractivity (Wildman–Crippen MR) is 143 cm³/mol. The van der Waals surface area contributed by atoms with Crippen molar-refractivity contribution in [2.75, 3.05) is 49.9 Å². The molecule has 6 nitrogen and oxygen atoms in total. The van der Waals surface area contributed by atoms with E-state index in [4.69, 9.17) is 0 Å². The molecule has 0 bridgehead atoms. The summed E-state index contributed by atoms with van der Waals surface area (Å²) in [7, 11) is 0. The highest BCUT2D eigenvalue weighted by Gasteiger charge is 2.19. The Balaban J connectivity index is 1.25. The Labute approximate surface area is 207 Å². The Kier molecular flexibility index (Phi) is 8.44. The van der Waals surface area contributed by atoms with Crippen molar-refractivity contribution in [1.29, 1.82) is 0 Å². The van der Waals surface area contributed by atoms with Crippen LogP contribution in [-0.2, 0) is 4.79 Å². The van der Waals surface area contributed by atoms with Gasteiger partial charge in [-0.05, 0) is 42.3 Å². The maximum Gasteiger partial charge on any atom is 0.257 e. The molecule has 1 aliphatic heterocycles. The van der Waals surface area contributed by atoms with Crippen LogP contribution in [0.3, 0.4) is 0 Å². The molecule has 4 rings (SSSR count). The van der Waals surface area contributed by atoms with E-state index in [2.05, 4.69) is 44.7 Å². The lowest BCUT2D eigenvalue weighted by Gasteiger charge is -2.33. The number of hydrogen-bond donors (Lipinski definition) is 2. The number of carbonyl (C=O) groups excluding carboxylic acids is 2. The van der Waals surface area contributed by atoms with Gasteiger partial charge < -0.3 is 10.6 Å². The lowest BCUT2D eigenvalue weighted by atomic mass is 10.1. The summed E-state index contributed by atoms with van der Waals surface area (Å²) in [5.41, 5.74) is 3.96. The fourth-order valence-electron chi connectivity index (χ4n) is 4.14. The minimum Gasteiger partial charge on any atom is -0.324 e. The topological polar surface area (TPSA) is 64.7 Å². The van der Waals surface area contributed by atoms with E-state index in [1.165, 1.54) is 5.56 Å². The number of rotatable bonds is 8. The summed E-state index contributed by atoms with van der Waals surface area (Å²) in [6.07, 6.45) is 4.34. The number of aryl methyl sites for hydroxylation is 1. The predicted octanol–water partition coefficient (Wildman–Crippen LogP) is 4.52. The Morgan fingerprint density at radius 1 is 0.829 bits per heavy atom. The van der Waals surface area contributed by atoms with E-state index in [1.54, 1.807) is 18.2 Å². The van der Waals surface area contributed by atoms with Gasteiger partial charge in [0.1, 0.15) is 0 Å². The van der Waals surface area contributed by atoms with Crippen LogP contribution in [0.4, 0.5) is 11.4 Å². The van der Waals surface area contributed by atoms with E-state index >= 15 is 0 Å². The normalized spacial score (nSPS) is 14.7. The van der Waals surface area contributed by atoms with Crippen LogP contribution in [0.1, 0.15) is 21.5 Å². The van der Waals surface area contributed by atoms with Crippen molar-refractivity contribution in [1.82, 2.24) is 9.80 Å². The van der Waals surface area contributed by atoms with E-state index in [9.17, 15) is 9.59 Å². The Morgan fingerprint density at radius 3 is 2.31 bits per heavy atom. The van der Waals surface area contributed by atoms with Gasteiger partial charge in [0.05, 0.1) is 17.8 Å². The first-order chi connectivity index (χ1) is 17.1. The maximum atomic E-state index is 12.8. The number of carbonyl (C=O) groups is 2. The van der Waals surface area contributed by atoms with E-state index < -0.39 is 0 Å². The molecule has 1 aliphatic rings. The molecule has 0 aliphatic carbocycles. The van der Waals surface area contributed by atoms with Crippen LogP contribution >= 0.6 is 0 Å². The molecule has 2 amide bonds. The second kappa shape index (κ2) is 12.1. The van der Waals surface area contributed by atoms with Gasteiger partial charge in [0.15, 0.2) is 0 Å². The van der Waals surface area contributed by atoms with Crippen molar-refractivity contribution in [2.24, 2.45) is 0 Å². The summed E-state index contributed by atoms with van der Waals surface area (Å²) in [4.78, 5) is 30.1. The lowest BCUT2D eigenvalue weighted by molar-refractivity contribution is -0.117. The average Bonchev–Trinajstić information content (AvgIpc) is 2.86. The molecule has 3 aromatic rings. The first kappa shape index (κ1) is 24.4. The summed E-state index contributed by atoms with van der Waals surface area (Å²) < 4.78 is 0. The summed E-state index contributed by atoms with van der Waals surface area (Å²) in [5, 5.41) is 5.85. The lowest BCUT2D eigenvalue weighted by Crippen LogP contribution is -2.48. The number of piperazine rings is 1. The van der Waals surface area contributed by atoms with Crippen molar-refractivity contribution >= 4 is 29.3 Å². The summed E-state index contributed by atoms with van der Waals surface area (Å²) in [6.45, 7) is 6.69. The largest absolute Gasteiger partial charge is 0.324 e. The molecule has 35 heavy (non-hydrogen) atoms. The Hall–Kier alpha value is -3.74. The molecule has 0 radical (unpaired) electrons. The SMILES string of the molecule is Cc1cccc(NC(=O)c2ccccc2NC(=O)CN2CCN(CC=Cc3ccccc3)CC2)c1. The zero-order chi connectivity index (χ0) is 24.5. The molecule has 0 aromatic heterocycles. The fraction of sp³-hybridized carbons (Fsp3) is 0.241. The average molecular weight is 469 g/mol. The quantitative estimate of drug-likeness (QED) is 0.510. The van der Waals surface area contributed by atoms with Crippen molar-refractivity contribution in [3.8, 4) is 0 Å². The van der Waals surface area contributed by atoms with Crippen LogP contribution in [-0.4, -0.2) is 60.9 Å². The Bertz CT molecular complexity index is 1170. The first-order valence-electron chi connectivity index (χ1n) is 12.0. The van der Waals surface area contributed by atoms with Crippen molar-refractivity contribution in [3.05, 3.63) is 102 Å². The minimum atomic E-state index is -0.247. The van der Waals surface area contributed by atoms with Crippen LogP contribution < -0.4 is 10.6 Å². The molecular weight excluding hydrogens is 436 g/mol. The molecular formula is C29H32N4O2. The highest BCUT2D eigenvalue weighted by atomic mass is 16.2. The van der Waals surface area contributed by atoms with Crippen LogP contribution in [0.5, 0.6) is 0 Å². The van der Waals surface area contributed by atoms with Crippen molar-refractivity contribution in [2.45, 2.75) is 6.92 Å². The van der Waals surface area contributed by atoms with Crippen molar-refractivity contribution in [3.63, 3.8) is 0 Å². The molecule has 1 saturated heterocycles. The van der Waals surface area contributed by atoms with Crippen molar-refractivity contribution < 1.29 is 9.59 Å². The van der Waals surface area contributed by atoms with E-state index in [1.807, 2.05) is 55.5 Å². The van der Waals surface area contributed by atoms with Gasteiger partial charge in [-0.3, -0.25) is 19.4 Å². The van der Waals surface area contributed by atoms with Gasteiger partial charge in [-0.25, -0.2) is 0 Å². The summed E-state index contributed by atoms with van der Waals surface area (Å²) in [5.74, 6) is -0.359. The number of anilines is 2. The fourth-order valence-corrected chi connectivity index (χ4v) is 4.14. The highest BCUT2D eigenvalue weighted by Crippen LogP contribution is 2.18. The van der Waals surface area contributed by atoms with E-state index in [0.717, 1.165) is 44.0 Å². The molecule has 0 atom stereocenters. The number of nitrogens with one attached hydrogen (secondary N) is 2. The molecule has 6 heteroatoms. The highest BCUT2D eigenvalue weighted by molar-refractivity contribution is 6.10. The Morgan fingerprint density at radius 2 is 1.54 bits per heavy atom. The van der Waals surface area contributed by atoms with Gasteiger partial charge in [0.25, 0.3) is 5.91 Å². The van der Waals surface area contributed by atoms with Gasteiger partial charge in [-0.2, -0.15) is 0 Å². The number of benzene rings is 3. The van der Waals surface area contributed by atoms with Crippen LogP contribution in [0.25, 0.3) is 6.08 Å². The molecule has 180 valence electrons. The van der Waals surface area contributed by atoms with Gasteiger partial charge >= 0.3 is 0 Å². The van der Waals surface area contributed by atoms with E-state index in [-0.39, 0.29) is 11.8 Å². The third kappa shape index (κ3) is 7.37. The van der Waals surface area contributed by atoms with E-state index in [0.29, 0.717) is 17.8 Å². The number of para-hydroxylation sites is 1. The number of nitrogens with zero attached hydrogens (tertiary/aromatic N) is 2.